The molecule has 0 N–H and O–H groups in total. The lowest BCUT2D eigenvalue weighted by atomic mass is 10.2. The molecule has 2 heteroatoms. The van der Waals surface area contributed by atoms with Crippen LogP contribution < -0.4 is 0 Å². The van der Waals surface area contributed by atoms with Crippen molar-refractivity contribution in [1.29, 1.82) is 0 Å². The van der Waals surface area contributed by atoms with Crippen molar-refractivity contribution in [2.45, 2.75) is 4.90 Å². The van der Waals surface area contributed by atoms with Gasteiger partial charge in [-0.3, -0.25) is 4.79 Å². The van der Waals surface area contributed by atoms with Crippen LogP contribution in [-0.2, 0) is 0 Å². The van der Waals surface area contributed by atoms with E-state index < -0.39 is 0 Å². The molecular weight excluding hydrogens is 240 g/mol. The highest BCUT2D eigenvalue weighted by molar-refractivity contribution is 7.99. The molecule has 2 aromatic rings. The Kier molecular flexibility index (Phi) is 4.79. The van der Waals surface area contributed by atoms with E-state index in [1.165, 1.54) is 5.56 Å². The van der Waals surface area contributed by atoms with Crippen molar-refractivity contribution in [1.82, 2.24) is 0 Å². The molecule has 0 aliphatic rings. The van der Waals surface area contributed by atoms with Gasteiger partial charge in [-0.25, -0.2) is 0 Å². The summed E-state index contributed by atoms with van der Waals surface area (Å²) >= 11 is 1.72. The van der Waals surface area contributed by atoms with Crippen LogP contribution in [0.25, 0.3) is 6.08 Å². The Morgan fingerprint density at radius 1 is 0.944 bits per heavy atom. The fourth-order valence-corrected chi connectivity index (χ4v) is 2.35. The molecule has 0 amide bonds. The van der Waals surface area contributed by atoms with Crippen LogP contribution in [0.5, 0.6) is 0 Å². The fraction of sp³-hybridized carbons (Fsp3) is 0.0625. The molecule has 0 heterocycles. The highest BCUT2D eigenvalue weighted by Gasteiger charge is 1.94. The number of rotatable bonds is 5. The molecule has 1 nitrogen and oxygen atoms in total. The first-order chi connectivity index (χ1) is 8.88. The summed E-state index contributed by atoms with van der Waals surface area (Å²) in [6.07, 6.45) is 5.12. The van der Waals surface area contributed by atoms with Crippen molar-refractivity contribution in [3.63, 3.8) is 0 Å². The van der Waals surface area contributed by atoms with Gasteiger partial charge in [-0.05, 0) is 17.7 Å². The Bertz CT molecular complexity index is 532. The van der Waals surface area contributed by atoms with Gasteiger partial charge in [0.05, 0.1) is 0 Å². The molecule has 0 unspecified atom stereocenters. The topological polar surface area (TPSA) is 17.1 Å². The van der Waals surface area contributed by atoms with E-state index in [4.69, 9.17) is 0 Å². The molecule has 0 saturated carbocycles. The molecule has 0 aliphatic heterocycles. The van der Waals surface area contributed by atoms with Crippen molar-refractivity contribution in [3.8, 4) is 0 Å². The van der Waals surface area contributed by atoms with Gasteiger partial charge in [0.15, 0.2) is 0 Å². The molecule has 0 bridgehead atoms. The molecule has 2 aromatic carbocycles. The number of carbonyl (C=O) groups is 1. The summed E-state index contributed by atoms with van der Waals surface area (Å²) in [6, 6.07) is 17.9. The third-order valence-electron chi connectivity index (χ3n) is 2.45. The van der Waals surface area contributed by atoms with Gasteiger partial charge < -0.3 is 0 Å². The first-order valence-electron chi connectivity index (χ1n) is 5.78. The van der Waals surface area contributed by atoms with Crippen molar-refractivity contribution in [3.05, 3.63) is 71.8 Å². The average molecular weight is 254 g/mol. The third-order valence-corrected chi connectivity index (χ3v) is 3.40. The van der Waals surface area contributed by atoms with Gasteiger partial charge in [-0.2, -0.15) is 0 Å². The van der Waals surface area contributed by atoms with Crippen LogP contribution >= 0.6 is 11.8 Å². The molecule has 0 fully saturated rings. The molecule has 18 heavy (non-hydrogen) atoms. The molecule has 0 atom stereocenters. The normalized spacial score (nSPS) is 10.7. The first kappa shape index (κ1) is 12.7. The highest BCUT2D eigenvalue weighted by Crippen LogP contribution is 2.19. The maximum absolute atomic E-state index is 10.7. The summed E-state index contributed by atoms with van der Waals surface area (Å²) in [5.41, 5.74) is 1.94. The Hall–Kier alpha value is -1.80. The van der Waals surface area contributed by atoms with Gasteiger partial charge in [0.25, 0.3) is 0 Å². The second-order valence-corrected chi connectivity index (χ2v) is 4.91. The van der Waals surface area contributed by atoms with Crippen LogP contribution in [0, 0.1) is 0 Å². The summed E-state index contributed by atoms with van der Waals surface area (Å²) in [5.74, 6) is 0.900. The largest absolute Gasteiger partial charge is 0.298 e. The van der Waals surface area contributed by atoms with Gasteiger partial charge in [0.2, 0.25) is 0 Å². The standard InChI is InChI=1S/C16H14OS/c17-13-15-8-4-10-16(12-15)18-11-5-9-14-6-2-1-3-7-14/h1-10,12-13H,11H2. The minimum atomic E-state index is 0.729. The Morgan fingerprint density at radius 2 is 1.72 bits per heavy atom. The summed E-state index contributed by atoms with van der Waals surface area (Å²) in [6.45, 7) is 0. The van der Waals surface area contributed by atoms with Gasteiger partial charge in [0, 0.05) is 16.2 Å². The molecule has 0 spiro atoms. The van der Waals surface area contributed by atoms with E-state index in [9.17, 15) is 4.79 Å². The number of thioether (sulfide) groups is 1. The molecule has 0 saturated heterocycles. The van der Waals surface area contributed by atoms with Crippen LogP contribution in [0.4, 0.5) is 0 Å². The van der Waals surface area contributed by atoms with E-state index in [-0.39, 0.29) is 0 Å². The van der Waals surface area contributed by atoms with Crippen LogP contribution in [0.15, 0.2) is 65.6 Å². The van der Waals surface area contributed by atoms with Crippen molar-refractivity contribution >= 4 is 24.1 Å². The minimum absolute atomic E-state index is 0.729. The van der Waals surface area contributed by atoms with Crippen molar-refractivity contribution in [2.24, 2.45) is 0 Å². The molecule has 2 rings (SSSR count). The SMILES string of the molecule is O=Cc1cccc(SCC=Cc2ccccc2)c1. The van der Waals surface area contributed by atoms with E-state index in [0.29, 0.717) is 0 Å². The lowest BCUT2D eigenvalue weighted by Gasteiger charge is -1.98. The van der Waals surface area contributed by atoms with Gasteiger partial charge in [-0.15, -0.1) is 11.8 Å². The lowest BCUT2D eigenvalue weighted by molar-refractivity contribution is 0.112. The van der Waals surface area contributed by atoms with Gasteiger partial charge in [0.1, 0.15) is 6.29 Å². The Balaban J connectivity index is 1.88. The Morgan fingerprint density at radius 3 is 2.50 bits per heavy atom. The molecular formula is C16H14OS. The first-order valence-corrected chi connectivity index (χ1v) is 6.77. The number of aldehydes is 1. The summed E-state index contributed by atoms with van der Waals surface area (Å²) < 4.78 is 0. The van der Waals surface area contributed by atoms with Crippen LogP contribution in [0.1, 0.15) is 15.9 Å². The van der Waals surface area contributed by atoms with Gasteiger partial charge >= 0.3 is 0 Å². The fourth-order valence-electron chi connectivity index (χ4n) is 1.57. The Labute approximate surface area is 112 Å². The maximum Gasteiger partial charge on any atom is 0.150 e. The summed E-state index contributed by atoms with van der Waals surface area (Å²) in [7, 11) is 0. The van der Waals surface area contributed by atoms with Crippen molar-refractivity contribution < 1.29 is 4.79 Å². The zero-order valence-electron chi connectivity index (χ0n) is 9.95. The monoisotopic (exact) mass is 254 g/mol. The zero-order valence-corrected chi connectivity index (χ0v) is 10.8. The van der Waals surface area contributed by atoms with E-state index in [2.05, 4.69) is 24.3 Å². The average Bonchev–Trinajstić information content (AvgIpc) is 2.45. The predicted molar refractivity (Wildman–Crippen MR) is 78.0 cm³/mol. The molecule has 0 aliphatic carbocycles. The van der Waals surface area contributed by atoms with E-state index in [1.54, 1.807) is 11.8 Å². The predicted octanol–water partition coefficient (Wildman–Crippen LogP) is 4.30. The quantitative estimate of drug-likeness (QED) is 0.584. The highest BCUT2D eigenvalue weighted by atomic mass is 32.2. The van der Waals surface area contributed by atoms with E-state index in [1.807, 2.05) is 42.5 Å². The lowest BCUT2D eigenvalue weighted by Crippen LogP contribution is -1.80. The third kappa shape index (κ3) is 3.90. The number of hydrogen-bond donors (Lipinski definition) is 0. The second kappa shape index (κ2) is 6.82. The molecule has 0 radical (unpaired) electrons. The smallest absolute Gasteiger partial charge is 0.150 e. The van der Waals surface area contributed by atoms with Gasteiger partial charge in [-0.1, -0.05) is 54.6 Å². The summed E-state index contributed by atoms with van der Waals surface area (Å²) in [5, 5.41) is 0. The molecule has 90 valence electrons. The molecule has 0 aromatic heterocycles. The van der Waals surface area contributed by atoms with E-state index >= 15 is 0 Å². The van der Waals surface area contributed by atoms with Crippen molar-refractivity contribution in [2.75, 3.05) is 5.75 Å². The van der Waals surface area contributed by atoms with Crippen LogP contribution in [0.2, 0.25) is 0 Å². The number of hydrogen-bond acceptors (Lipinski definition) is 2. The van der Waals surface area contributed by atoms with Crippen LogP contribution in [0.3, 0.4) is 0 Å². The number of benzene rings is 2. The zero-order chi connectivity index (χ0) is 12.6. The minimum Gasteiger partial charge on any atom is -0.298 e. The maximum atomic E-state index is 10.7. The second-order valence-electron chi connectivity index (χ2n) is 3.81. The van der Waals surface area contributed by atoms with E-state index in [0.717, 1.165) is 22.5 Å². The van der Waals surface area contributed by atoms with Crippen LogP contribution in [-0.4, -0.2) is 12.0 Å². The summed E-state index contributed by atoms with van der Waals surface area (Å²) in [4.78, 5) is 11.8. The number of carbonyl (C=O) groups excluding carboxylic acids is 1.